The van der Waals surface area contributed by atoms with Gasteiger partial charge in [0, 0.05) is 26.4 Å². The molecule has 0 aliphatic rings. The van der Waals surface area contributed by atoms with E-state index in [1.54, 1.807) is 0 Å². The van der Waals surface area contributed by atoms with Crippen LogP contribution in [0.1, 0.15) is 79.2 Å². The molecule has 0 unspecified atom stereocenters. The van der Waals surface area contributed by atoms with Crippen LogP contribution >= 0.6 is 0 Å². The minimum absolute atomic E-state index is 0. The average molecular weight is 456 g/mol. The van der Waals surface area contributed by atoms with Crippen molar-refractivity contribution in [3.05, 3.63) is 0 Å². The van der Waals surface area contributed by atoms with Gasteiger partial charge in [-0.1, -0.05) is 44.6 Å². The highest BCUT2D eigenvalue weighted by Crippen LogP contribution is 2.14. The van der Waals surface area contributed by atoms with Gasteiger partial charge in [0.15, 0.2) is 0 Å². The molecule has 1 rings (SSSR count). The molecule has 186 valence electrons. The van der Waals surface area contributed by atoms with E-state index in [2.05, 4.69) is 25.6 Å². The molecule has 0 amide bonds. The monoisotopic (exact) mass is 455 g/mol. The van der Waals surface area contributed by atoms with Gasteiger partial charge < -0.3 is 28.6 Å². The molecule has 0 aromatic carbocycles. The van der Waals surface area contributed by atoms with Gasteiger partial charge in [0.05, 0.1) is 12.8 Å². The van der Waals surface area contributed by atoms with Crippen molar-refractivity contribution in [2.45, 2.75) is 79.2 Å². The van der Waals surface area contributed by atoms with Gasteiger partial charge in [-0.2, -0.15) is 15.0 Å². The Morgan fingerprint density at radius 3 is 1.43 bits per heavy atom. The van der Waals surface area contributed by atoms with Crippen molar-refractivity contribution in [2.75, 3.05) is 49.8 Å². The summed E-state index contributed by atoms with van der Waals surface area (Å²) >= 11 is 0. The average Bonchev–Trinajstić information content (AvgIpc) is 2.54. The van der Waals surface area contributed by atoms with Gasteiger partial charge in [0.1, 0.15) is 0 Å². The lowest BCUT2D eigenvalue weighted by molar-refractivity contribution is 0.0740. The van der Waals surface area contributed by atoms with E-state index in [4.69, 9.17) is 18.0 Å². The Labute approximate surface area is 189 Å². The quantitative estimate of drug-likeness (QED) is 0.372. The van der Waals surface area contributed by atoms with E-state index >= 15 is 0 Å². The summed E-state index contributed by atoms with van der Waals surface area (Å²) in [6.07, 6.45) is 0.365. The molecule has 9 nitrogen and oxygen atoms in total. The number of hydrogen-bond acceptors (Lipinski definition) is 9. The fraction of sp³-hybridized carbons (Fsp3) is 0.850. The van der Waals surface area contributed by atoms with Crippen LogP contribution in [-0.2, 0) is 13.3 Å². The Hall–Kier alpha value is -1.49. The maximum atomic E-state index is 5.80. The fourth-order valence-electron chi connectivity index (χ4n) is 1.99. The molecule has 10 heteroatoms. The second-order valence-electron chi connectivity index (χ2n) is 4.56. The van der Waals surface area contributed by atoms with Crippen LogP contribution in [0.5, 0.6) is 6.01 Å². The number of aromatic nitrogens is 3. The Bertz CT molecular complexity index is 443. The maximum Gasteiger partial charge on any atom is 0.521 e. The van der Waals surface area contributed by atoms with Crippen molar-refractivity contribution < 1.29 is 18.0 Å². The Kier molecular flexibility index (Phi) is 33.8. The number of ether oxygens (including phenoxy) is 1. The second-order valence-corrected chi connectivity index (χ2v) is 7.15. The van der Waals surface area contributed by atoms with Gasteiger partial charge in [0.2, 0.25) is 11.9 Å². The molecule has 0 bridgehead atoms. The van der Waals surface area contributed by atoms with Gasteiger partial charge in [-0.05, 0) is 34.6 Å². The molecule has 1 aromatic rings. The van der Waals surface area contributed by atoms with Crippen molar-refractivity contribution in [3.63, 3.8) is 0 Å². The second kappa shape index (κ2) is 23.8. The van der Waals surface area contributed by atoms with E-state index in [1.807, 2.05) is 34.6 Å². The third-order valence-electron chi connectivity index (χ3n) is 2.78. The lowest BCUT2D eigenvalue weighted by Gasteiger charge is -2.28. The normalized spacial score (nSPS) is 9.10. The van der Waals surface area contributed by atoms with Crippen molar-refractivity contribution in [2.24, 2.45) is 0 Å². The molecule has 0 fully saturated rings. The summed E-state index contributed by atoms with van der Waals surface area (Å²) in [7, 11) is -2.82. The molecule has 1 heterocycles. The molecule has 30 heavy (non-hydrogen) atoms. The molecule has 1 aromatic heterocycles. The fourth-order valence-corrected chi connectivity index (χ4v) is 4.24. The molecular weight excluding hydrogens is 402 g/mol. The van der Waals surface area contributed by atoms with Gasteiger partial charge in [-0.3, -0.25) is 0 Å². The zero-order chi connectivity index (χ0) is 17.8. The van der Waals surface area contributed by atoms with Crippen molar-refractivity contribution in [3.8, 4) is 6.01 Å². The predicted molar refractivity (Wildman–Crippen MR) is 135 cm³/mol. The van der Waals surface area contributed by atoms with E-state index in [-0.39, 0.29) is 50.6 Å². The molecule has 0 radical (unpaired) electrons. The van der Waals surface area contributed by atoms with Gasteiger partial charge in [-0.25, -0.2) is 0 Å². The van der Waals surface area contributed by atoms with Crippen LogP contribution in [0, 0.1) is 0 Å². The zero-order valence-electron chi connectivity index (χ0n) is 15.2. The minimum Gasteiger partial charge on any atom is -0.464 e. The molecule has 0 atom stereocenters. The van der Waals surface area contributed by atoms with E-state index in [0.29, 0.717) is 51.0 Å². The number of nitrogens with zero attached hydrogens (tertiary/aromatic N) is 3. The largest absolute Gasteiger partial charge is 0.521 e. The third kappa shape index (κ3) is 14.5. The topological polar surface area (TPSA) is 99.7 Å². The molecule has 0 saturated carbocycles. The smallest absolute Gasteiger partial charge is 0.464 e. The standard InChI is InChI=1S/C14H29N5O4Si.6CH4/c1-6-15-12-17-13(19-14(18-12)20-7-2)16-11-24(21-8-3,22-9-4)23-10-5;;;;;;/h6-11H2,1-5H3,(H2,15,16,17,18,19);6*1H4. The number of anilines is 2. The van der Waals surface area contributed by atoms with Crippen LogP contribution < -0.4 is 15.4 Å². The van der Waals surface area contributed by atoms with Gasteiger partial charge in [-0.15, -0.1) is 0 Å². The maximum absolute atomic E-state index is 5.80. The summed E-state index contributed by atoms with van der Waals surface area (Å²) in [5.74, 6) is 0.843. The molecule has 0 spiro atoms. The Balaban J connectivity index is -0.000000240. The van der Waals surface area contributed by atoms with E-state index in [1.165, 1.54) is 0 Å². The highest BCUT2D eigenvalue weighted by atomic mass is 28.4. The third-order valence-corrected chi connectivity index (χ3v) is 5.57. The van der Waals surface area contributed by atoms with Crippen LogP contribution in [0.3, 0.4) is 0 Å². The first-order chi connectivity index (χ1) is 11.6. The summed E-state index contributed by atoms with van der Waals surface area (Å²) in [5, 5.41) is 6.20. The van der Waals surface area contributed by atoms with Crippen molar-refractivity contribution >= 4 is 20.7 Å². The van der Waals surface area contributed by atoms with Crippen molar-refractivity contribution in [1.82, 2.24) is 15.0 Å². The minimum atomic E-state index is -2.82. The van der Waals surface area contributed by atoms with Crippen LogP contribution in [-0.4, -0.2) is 62.9 Å². The van der Waals surface area contributed by atoms with E-state index in [9.17, 15) is 0 Å². The molecule has 2 N–H and O–H groups in total. The molecule has 0 aliphatic heterocycles. The summed E-state index contributed by atoms with van der Waals surface area (Å²) in [4.78, 5) is 12.8. The predicted octanol–water partition coefficient (Wildman–Crippen LogP) is 5.52. The number of nitrogens with one attached hydrogen (secondary N) is 2. The van der Waals surface area contributed by atoms with E-state index in [0.717, 1.165) is 0 Å². The first kappa shape index (κ1) is 42.6. The van der Waals surface area contributed by atoms with Crippen LogP contribution in [0.4, 0.5) is 11.9 Å². The molecular formula is C20H53N5O4Si. The van der Waals surface area contributed by atoms with Crippen LogP contribution in [0.15, 0.2) is 0 Å². The SMILES string of the molecule is C.C.C.C.C.C.CCNc1nc(NC[Si](OCC)(OCC)OCC)nc(OCC)n1. The summed E-state index contributed by atoms with van der Waals surface area (Å²) < 4.78 is 22.8. The van der Waals surface area contributed by atoms with Crippen LogP contribution in [0.25, 0.3) is 0 Å². The number of rotatable bonds is 13. The van der Waals surface area contributed by atoms with Crippen molar-refractivity contribution in [1.29, 1.82) is 0 Å². The van der Waals surface area contributed by atoms with E-state index < -0.39 is 8.80 Å². The molecule has 0 aliphatic carbocycles. The summed E-state index contributed by atoms with van der Waals surface area (Å²) in [6.45, 7) is 12.3. The highest BCUT2D eigenvalue weighted by molar-refractivity contribution is 6.61. The van der Waals surface area contributed by atoms with Gasteiger partial charge >= 0.3 is 14.8 Å². The first-order valence-corrected chi connectivity index (χ1v) is 10.3. The Morgan fingerprint density at radius 1 is 0.633 bits per heavy atom. The van der Waals surface area contributed by atoms with Crippen LogP contribution in [0.2, 0.25) is 0 Å². The lowest BCUT2D eigenvalue weighted by Crippen LogP contribution is -2.52. The summed E-state index contributed by atoms with van der Waals surface area (Å²) in [5.41, 5.74) is 0. The highest BCUT2D eigenvalue weighted by Gasteiger charge is 2.40. The van der Waals surface area contributed by atoms with Gasteiger partial charge in [0.25, 0.3) is 0 Å². The first-order valence-electron chi connectivity index (χ1n) is 8.41. The summed E-state index contributed by atoms with van der Waals surface area (Å²) in [6, 6.07) is 0.266. The Morgan fingerprint density at radius 2 is 1.07 bits per heavy atom. The molecule has 0 saturated heterocycles. The number of hydrogen-bond donors (Lipinski definition) is 2. The lowest BCUT2D eigenvalue weighted by atomic mass is 10.7. The zero-order valence-corrected chi connectivity index (χ0v) is 16.2.